The van der Waals surface area contributed by atoms with Crippen LogP contribution in [0.15, 0.2) is 4.42 Å². The van der Waals surface area contributed by atoms with Gasteiger partial charge in [-0.15, -0.1) is 0 Å². The minimum absolute atomic E-state index is 0.327. The average Bonchev–Trinajstić information content (AvgIpc) is 2.85. The molecule has 17 heavy (non-hydrogen) atoms. The fourth-order valence-corrected chi connectivity index (χ4v) is 1.58. The van der Waals surface area contributed by atoms with Gasteiger partial charge in [0.2, 0.25) is 11.7 Å². The number of aromatic carboxylic acids is 1. The maximum absolute atomic E-state index is 12.5. The lowest BCUT2D eigenvalue weighted by Gasteiger charge is -2.02. The van der Waals surface area contributed by atoms with E-state index >= 15 is 0 Å². The number of nitrogens with zero attached hydrogens (tertiary/aromatic N) is 1. The first-order valence-electron chi connectivity index (χ1n) is 4.82. The van der Waals surface area contributed by atoms with Gasteiger partial charge in [-0.25, -0.2) is 9.78 Å². The molecular formula is C9H8F3NO4. The molecule has 1 atom stereocenters. The van der Waals surface area contributed by atoms with Crippen molar-refractivity contribution in [2.45, 2.75) is 25.1 Å². The van der Waals surface area contributed by atoms with Gasteiger partial charge in [-0.05, 0) is 12.8 Å². The number of hydrogen-bond acceptors (Lipinski definition) is 4. The molecule has 1 aliphatic rings. The van der Waals surface area contributed by atoms with Crippen molar-refractivity contribution in [1.29, 1.82) is 0 Å². The molecule has 2 heterocycles. The third-order valence-corrected chi connectivity index (χ3v) is 2.31. The van der Waals surface area contributed by atoms with Gasteiger partial charge in [-0.3, -0.25) is 0 Å². The predicted molar refractivity (Wildman–Crippen MR) is 46.4 cm³/mol. The van der Waals surface area contributed by atoms with Crippen LogP contribution in [-0.2, 0) is 10.9 Å². The van der Waals surface area contributed by atoms with Crippen molar-refractivity contribution in [2.75, 3.05) is 6.61 Å². The first-order valence-corrected chi connectivity index (χ1v) is 4.82. The number of ether oxygens (including phenoxy) is 1. The van der Waals surface area contributed by atoms with Crippen LogP contribution in [0.5, 0.6) is 0 Å². The van der Waals surface area contributed by atoms with Crippen molar-refractivity contribution in [3.63, 3.8) is 0 Å². The highest BCUT2D eigenvalue weighted by Crippen LogP contribution is 2.35. The van der Waals surface area contributed by atoms with Crippen LogP contribution in [-0.4, -0.2) is 22.7 Å². The highest BCUT2D eigenvalue weighted by atomic mass is 19.4. The van der Waals surface area contributed by atoms with E-state index in [4.69, 9.17) is 9.84 Å². The molecule has 1 aromatic heterocycles. The van der Waals surface area contributed by atoms with E-state index in [1.54, 1.807) is 0 Å². The van der Waals surface area contributed by atoms with E-state index in [1.807, 2.05) is 0 Å². The number of alkyl halides is 3. The molecule has 94 valence electrons. The topological polar surface area (TPSA) is 72.6 Å². The maximum atomic E-state index is 12.5. The molecule has 0 radical (unpaired) electrons. The minimum atomic E-state index is -4.85. The summed E-state index contributed by atoms with van der Waals surface area (Å²) in [4.78, 5) is 13.8. The van der Waals surface area contributed by atoms with Crippen LogP contribution >= 0.6 is 0 Å². The number of rotatable bonds is 2. The smallest absolute Gasteiger partial charge is 0.437 e. The van der Waals surface area contributed by atoms with Crippen molar-refractivity contribution < 1.29 is 32.2 Å². The zero-order valence-corrected chi connectivity index (χ0v) is 8.45. The quantitative estimate of drug-likeness (QED) is 0.872. The number of aromatic nitrogens is 1. The summed E-state index contributed by atoms with van der Waals surface area (Å²) in [6.45, 7) is 0.400. The Bertz CT molecular complexity index is 434. The van der Waals surface area contributed by atoms with Crippen LogP contribution in [0, 0.1) is 0 Å². The van der Waals surface area contributed by atoms with E-state index in [1.165, 1.54) is 0 Å². The SMILES string of the molecule is O=C(O)c1oc(C2CCCO2)nc1C(F)(F)F. The molecule has 0 amide bonds. The molecule has 0 bridgehead atoms. The van der Waals surface area contributed by atoms with Crippen LogP contribution in [0.1, 0.15) is 41.1 Å². The summed E-state index contributed by atoms with van der Waals surface area (Å²) in [5.74, 6) is -3.32. The third-order valence-electron chi connectivity index (χ3n) is 2.31. The molecule has 0 spiro atoms. The normalized spacial score (nSPS) is 20.8. The van der Waals surface area contributed by atoms with E-state index in [-0.39, 0.29) is 5.89 Å². The summed E-state index contributed by atoms with van der Waals surface area (Å²) in [5, 5.41) is 8.61. The van der Waals surface area contributed by atoms with Gasteiger partial charge in [-0.2, -0.15) is 13.2 Å². The van der Waals surface area contributed by atoms with Gasteiger partial charge in [0.05, 0.1) is 0 Å². The molecule has 1 aromatic rings. The molecule has 2 rings (SSSR count). The highest BCUT2D eigenvalue weighted by molar-refractivity contribution is 5.85. The Morgan fingerprint density at radius 3 is 2.59 bits per heavy atom. The number of carboxylic acids is 1. The van der Waals surface area contributed by atoms with E-state index in [0.29, 0.717) is 19.4 Å². The fraction of sp³-hybridized carbons (Fsp3) is 0.556. The first-order chi connectivity index (χ1) is 7.89. The zero-order valence-electron chi connectivity index (χ0n) is 8.45. The second kappa shape index (κ2) is 4.02. The van der Waals surface area contributed by atoms with E-state index in [2.05, 4.69) is 9.40 Å². The maximum Gasteiger partial charge on any atom is 0.437 e. The van der Waals surface area contributed by atoms with Crippen LogP contribution in [0.4, 0.5) is 13.2 Å². The summed E-state index contributed by atoms with van der Waals surface area (Å²) in [6, 6.07) is 0. The second-order valence-corrected chi connectivity index (χ2v) is 3.53. The van der Waals surface area contributed by atoms with Crippen LogP contribution in [0.25, 0.3) is 0 Å². The second-order valence-electron chi connectivity index (χ2n) is 3.53. The molecule has 1 fully saturated rings. The lowest BCUT2D eigenvalue weighted by Crippen LogP contribution is -2.11. The third kappa shape index (κ3) is 2.26. The number of hydrogen-bond donors (Lipinski definition) is 1. The van der Waals surface area contributed by atoms with Gasteiger partial charge in [0.15, 0.2) is 5.69 Å². The average molecular weight is 251 g/mol. The predicted octanol–water partition coefficient (Wildman–Crippen LogP) is 2.24. The van der Waals surface area contributed by atoms with Gasteiger partial charge < -0.3 is 14.3 Å². The van der Waals surface area contributed by atoms with Crippen LogP contribution in [0.2, 0.25) is 0 Å². The Kier molecular flexibility index (Phi) is 2.82. The summed E-state index contributed by atoms with van der Waals surface area (Å²) in [5.41, 5.74) is -1.52. The molecule has 1 N–H and O–H groups in total. The Hall–Kier alpha value is -1.57. The molecule has 0 saturated carbocycles. The fourth-order valence-electron chi connectivity index (χ4n) is 1.58. The largest absolute Gasteiger partial charge is 0.475 e. The van der Waals surface area contributed by atoms with Gasteiger partial charge in [0, 0.05) is 6.61 Å². The number of carbonyl (C=O) groups is 1. The van der Waals surface area contributed by atoms with Gasteiger partial charge in [0.25, 0.3) is 0 Å². The van der Waals surface area contributed by atoms with Crippen LogP contribution in [0.3, 0.4) is 0 Å². The van der Waals surface area contributed by atoms with Gasteiger partial charge >= 0.3 is 12.1 Å². The molecule has 0 aromatic carbocycles. The van der Waals surface area contributed by atoms with Crippen molar-refractivity contribution in [2.24, 2.45) is 0 Å². The molecule has 8 heteroatoms. The molecule has 0 aliphatic carbocycles. The standard InChI is InChI=1S/C9H8F3NO4/c10-9(11,12)6-5(8(14)15)17-7(13-6)4-2-1-3-16-4/h4H,1-3H2,(H,14,15). The summed E-state index contributed by atoms with van der Waals surface area (Å²) in [7, 11) is 0. The van der Waals surface area contributed by atoms with E-state index in [9.17, 15) is 18.0 Å². The highest BCUT2D eigenvalue weighted by Gasteiger charge is 2.42. The summed E-state index contributed by atoms with van der Waals surface area (Å²) in [6.07, 6.45) is -4.40. The van der Waals surface area contributed by atoms with Gasteiger partial charge in [0.1, 0.15) is 6.10 Å². The van der Waals surface area contributed by atoms with E-state index in [0.717, 1.165) is 0 Å². The first kappa shape index (κ1) is 11.9. The Balaban J connectivity index is 2.40. The lowest BCUT2D eigenvalue weighted by molar-refractivity contribution is -0.141. The van der Waals surface area contributed by atoms with Crippen molar-refractivity contribution in [3.8, 4) is 0 Å². The molecule has 1 unspecified atom stereocenters. The van der Waals surface area contributed by atoms with Crippen molar-refractivity contribution in [3.05, 3.63) is 17.3 Å². The molecular weight excluding hydrogens is 243 g/mol. The molecule has 5 nitrogen and oxygen atoms in total. The number of oxazole rings is 1. The molecule has 1 saturated heterocycles. The number of carboxylic acid groups (broad SMARTS) is 1. The monoisotopic (exact) mass is 251 g/mol. The van der Waals surface area contributed by atoms with Crippen molar-refractivity contribution >= 4 is 5.97 Å². The Morgan fingerprint density at radius 2 is 2.18 bits per heavy atom. The van der Waals surface area contributed by atoms with E-state index < -0.39 is 29.7 Å². The van der Waals surface area contributed by atoms with Gasteiger partial charge in [-0.1, -0.05) is 0 Å². The van der Waals surface area contributed by atoms with Crippen molar-refractivity contribution in [1.82, 2.24) is 4.98 Å². The Morgan fingerprint density at radius 1 is 1.47 bits per heavy atom. The van der Waals surface area contributed by atoms with Crippen LogP contribution < -0.4 is 0 Å². The Labute approximate surface area is 93.2 Å². The summed E-state index contributed by atoms with van der Waals surface area (Å²) < 4.78 is 47.2. The summed E-state index contributed by atoms with van der Waals surface area (Å²) >= 11 is 0. The molecule has 1 aliphatic heterocycles. The zero-order chi connectivity index (χ0) is 12.6. The number of halogens is 3. The minimum Gasteiger partial charge on any atom is -0.475 e. The lowest BCUT2D eigenvalue weighted by atomic mass is 10.2.